The summed E-state index contributed by atoms with van der Waals surface area (Å²) in [5.74, 6) is -0.106. The normalized spacial score (nSPS) is 22.0. The minimum atomic E-state index is -0.0956. The average molecular weight is 449 g/mol. The summed E-state index contributed by atoms with van der Waals surface area (Å²) in [6, 6.07) is 16.7. The van der Waals surface area contributed by atoms with E-state index in [0.29, 0.717) is 11.8 Å². The van der Waals surface area contributed by atoms with Crippen LogP contribution in [0.15, 0.2) is 53.4 Å². The van der Waals surface area contributed by atoms with E-state index in [9.17, 15) is 9.59 Å². The third kappa shape index (κ3) is 5.44. The molecule has 1 heterocycles. The summed E-state index contributed by atoms with van der Waals surface area (Å²) in [5.41, 5.74) is 4.59. The fourth-order valence-electron chi connectivity index (χ4n) is 4.48. The molecule has 1 aliphatic carbocycles. The van der Waals surface area contributed by atoms with Crippen LogP contribution >= 0.6 is 11.8 Å². The van der Waals surface area contributed by atoms with Crippen molar-refractivity contribution in [3.63, 3.8) is 0 Å². The topological polar surface area (TPSA) is 49.4 Å². The number of amides is 2. The SMILES string of the molecule is CCc1ccc(/C=C2/SC3CCCCC3N(CC(=O)NCc3ccc(C)cc3)C2=O)cc1. The van der Waals surface area contributed by atoms with Gasteiger partial charge in [-0.1, -0.05) is 73.9 Å². The number of fused-ring (bicyclic) bond motifs is 1. The number of nitrogens with one attached hydrogen (secondary N) is 1. The van der Waals surface area contributed by atoms with Gasteiger partial charge in [-0.05, 0) is 49.0 Å². The Labute approximate surface area is 195 Å². The number of carbonyl (C=O) groups is 2. The van der Waals surface area contributed by atoms with Crippen LogP contribution < -0.4 is 5.32 Å². The molecule has 2 fully saturated rings. The lowest BCUT2D eigenvalue weighted by Crippen LogP contribution is -2.54. The Bertz CT molecular complexity index is 982. The zero-order chi connectivity index (χ0) is 22.5. The standard InChI is InChI=1S/C27H32N2O2S/c1-3-20-12-14-21(15-13-20)16-25-27(31)29(23-6-4-5-7-24(23)32-25)18-26(30)28-17-22-10-8-19(2)9-11-22/h8-16,23-24H,3-7,17-18H2,1-2H3,(H,28,30)/b25-16+. The maximum Gasteiger partial charge on any atom is 0.261 e. The molecule has 5 heteroatoms. The highest BCUT2D eigenvalue weighted by Gasteiger charge is 2.41. The van der Waals surface area contributed by atoms with Gasteiger partial charge in [0.05, 0.1) is 4.91 Å². The van der Waals surface area contributed by atoms with E-state index in [4.69, 9.17) is 0 Å². The van der Waals surface area contributed by atoms with Crippen molar-refractivity contribution in [3.05, 3.63) is 75.7 Å². The molecule has 2 aliphatic rings. The molecule has 1 N–H and O–H groups in total. The van der Waals surface area contributed by atoms with Crippen LogP contribution in [0.3, 0.4) is 0 Å². The average Bonchev–Trinajstić information content (AvgIpc) is 2.82. The van der Waals surface area contributed by atoms with Crippen LogP contribution in [0.5, 0.6) is 0 Å². The van der Waals surface area contributed by atoms with Crippen LogP contribution in [0.25, 0.3) is 6.08 Å². The van der Waals surface area contributed by atoms with E-state index in [1.165, 1.54) is 17.5 Å². The highest BCUT2D eigenvalue weighted by atomic mass is 32.2. The smallest absolute Gasteiger partial charge is 0.261 e. The molecule has 168 valence electrons. The van der Waals surface area contributed by atoms with Gasteiger partial charge >= 0.3 is 0 Å². The second-order valence-electron chi connectivity index (χ2n) is 8.81. The minimum Gasteiger partial charge on any atom is -0.350 e. The number of hydrogen-bond donors (Lipinski definition) is 1. The van der Waals surface area contributed by atoms with E-state index in [2.05, 4.69) is 36.5 Å². The van der Waals surface area contributed by atoms with Crippen molar-refractivity contribution in [2.75, 3.05) is 6.54 Å². The molecule has 32 heavy (non-hydrogen) atoms. The number of rotatable bonds is 6. The first-order chi connectivity index (χ1) is 15.5. The molecule has 4 nitrogen and oxygen atoms in total. The lowest BCUT2D eigenvalue weighted by Gasteiger charge is -2.43. The molecule has 0 bridgehead atoms. The molecule has 2 unspecified atom stereocenters. The number of nitrogens with zero attached hydrogens (tertiary/aromatic N) is 1. The molecular formula is C27H32N2O2S. The van der Waals surface area contributed by atoms with Crippen molar-refractivity contribution >= 4 is 29.7 Å². The van der Waals surface area contributed by atoms with Gasteiger partial charge in [0.2, 0.25) is 5.91 Å². The quantitative estimate of drug-likeness (QED) is 0.626. The monoisotopic (exact) mass is 448 g/mol. The van der Waals surface area contributed by atoms with Gasteiger partial charge in [0.25, 0.3) is 5.91 Å². The Morgan fingerprint density at radius 1 is 1.06 bits per heavy atom. The summed E-state index contributed by atoms with van der Waals surface area (Å²) in [4.78, 5) is 28.8. The molecule has 2 aromatic rings. The van der Waals surface area contributed by atoms with Crippen molar-refractivity contribution in [2.45, 2.75) is 63.8 Å². The van der Waals surface area contributed by atoms with Crippen LogP contribution in [0.4, 0.5) is 0 Å². The fourth-order valence-corrected chi connectivity index (χ4v) is 5.95. The summed E-state index contributed by atoms with van der Waals surface area (Å²) < 4.78 is 0. The van der Waals surface area contributed by atoms with Gasteiger partial charge in [-0.2, -0.15) is 0 Å². The first kappa shape index (κ1) is 22.7. The number of carbonyl (C=O) groups excluding carboxylic acids is 2. The fraction of sp³-hybridized carbons (Fsp3) is 0.407. The predicted octanol–water partition coefficient (Wildman–Crippen LogP) is 5.10. The molecule has 0 spiro atoms. The number of aryl methyl sites for hydroxylation is 2. The maximum atomic E-state index is 13.4. The summed E-state index contributed by atoms with van der Waals surface area (Å²) in [6.45, 7) is 4.79. The van der Waals surface area contributed by atoms with Crippen LogP contribution in [0.1, 0.15) is 54.9 Å². The molecule has 2 amide bonds. The summed E-state index contributed by atoms with van der Waals surface area (Å²) in [6.07, 6.45) is 7.37. The van der Waals surface area contributed by atoms with Crippen LogP contribution in [-0.4, -0.2) is 34.6 Å². The first-order valence-corrected chi connectivity index (χ1v) is 12.5. The Kier molecular flexibility index (Phi) is 7.36. The Morgan fingerprint density at radius 3 is 2.47 bits per heavy atom. The van der Waals surface area contributed by atoms with Crippen molar-refractivity contribution in [1.29, 1.82) is 0 Å². The van der Waals surface area contributed by atoms with Gasteiger partial charge in [-0.3, -0.25) is 9.59 Å². The van der Waals surface area contributed by atoms with E-state index >= 15 is 0 Å². The predicted molar refractivity (Wildman–Crippen MR) is 132 cm³/mol. The van der Waals surface area contributed by atoms with Gasteiger partial charge in [-0.15, -0.1) is 11.8 Å². The Balaban J connectivity index is 1.47. The van der Waals surface area contributed by atoms with Crippen LogP contribution in [0.2, 0.25) is 0 Å². The second-order valence-corrected chi connectivity index (χ2v) is 10.1. The van der Waals surface area contributed by atoms with Crippen molar-refractivity contribution in [1.82, 2.24) is 10.2 Å². The number of hydrogen-bond acceptors (Lipinski definition) is 3. The summed E-state index contributed by atoms with van der Waals surface area (Å²) in [7, 11) is 0. The third-order valence-corrected chi connectivity index (χ3v) is 7.83. The van der Waals surface area contributed by atoms with E-state index in [0.717, 1.165) is 41.7 Å². The third-order valence-electron chi connectivity index (χ3n) is 6.43. The molecule has 4 rings (SSSR count). The maximum absolute atomic E-state index is 13.4. The highest BCUT2D eigenvalue weighted by molar-refractivity contribution is 8.04. The first-order valence-electron chi connectivity index (χ1n) is 11.6. The van der Waals surface area contributed by atoms with E-state index in [-0.39, 0.29) is 24.4 Å². The van der Waals surface area contributed by atoms with Crippen LogP contribution in [-0.2, 0) is 22.6 Å². The highest BCUT2D eigenvalue weighted by Crippen LogP contribution is 2.42. The Morgan fingerprint density at radius 2 is 1.75 bits per heavy atom. The minimum absolute atomic E-state index is 0.0109. The van der Waals surface area contributed by atoms with Crippen molar-refractivity contribution in [3.8, 4) is 0 Å². The molecule has 1 saturated heterocycles. The van der Waals surface area contributed by atoms with Crippen molar-refractivity contribution in [2.24, 2.45) is 0 Å². The molecule has 1 aliphatic heterocycles. The van der Waals surface area contributed by atoms with Crippen LogP contribution in [0, 0.1) is 6.92 Å². The van der Waals surface area contributed by atoms with E-state index < -0.39 is 0 Å². The van der Waals surface area contributed by atoms with E-state index in [1.807, 2.05) is 42.2 Å². The van der Waals surface area contributed by atoms with Gasteiger partial charge in [0.1, 0.15) is 6.54 Å². The molecule has 1 saturated carbocycles. The van der Waals surface area contributed by atoms with Crippen molar-refractivity contribution < 1.29 is 9.59 Å². The van der Waals surface area contributed by atoms with Gasteiger partial charge in [-0.25, -0.2) is 0 Å². The van der Waals surface area contributed by atoms with Gasteiger partial charge < -0.3 is 10.2 Å². The largest absolute Gasteiger partial charge is 0.350 e. The van der Waals surface area contributed by atoms with Gasteiger partial charge in [0, 0.05) is 17.8 Å². The molecule has 0 radical (unpaired) electrons. The van der Waals surface area contributed by atoms with Gasteiger partial charge in [0.15, 0.2) is 0 Å². The van der Waals surface area contributed by atoms with E-state index in [1.54, 1.807) is 11.8 Å². The molecule has 2 atom stereocenters. The number of benzene rings is 2. The molecule has 2 aromatic carbocycles. The lowest BCUT2D eigenvalue weighted by molar-refractivity contribution is -0.135. The molecule has 0 aromatic heterocycles. The zero-order valence-corrected chi connectivity index (χ0v) is 19.8. The Hall–Kier alpha value is -2.53. The number of thioether (sulfide) groups is 1. The zero-order valence-electron chi connectivity index (χ0n) is 19.0. The summed E-state index contributed by atoms with van der Waals surface area (Å²) in [5, 5.41) is 3.37. The summed E-state index contributed by atoms with van der Waals surface area (Å²) >= 11 is 1.71. The second kappa shape index (κ2) is 10.4. The molecular weight excluding hydrogens is 416 g/mol. The lowest BCUT2D eigenvalue weighted by atomic mass is 9.93.